The van der Waals surface area contributed by atoms with Crippen molar-refractivity contribution in [3.8, 4) is 17.2 Å². The number of hydrogen-bond donors (Lipinski definition) is 0. The molecule has 22 heavy (non-hydrogen) atoms. The minimum absolute atomic E-state index is 0.289. The maximum absolute atomic E-state index is 9.42. The molecule has 0 saturated carbocycles. The van der Waals surface area contributed by atoms with Crippen LogP contribution in [0.5, 0.6) is 0 Å². The number of hydrogen-bond acceptors (Lipinski definition) is 3. The van der Waals surface area contributed by atoms with Crippen molar-refractivity contribution < 1.29 is 0 Å². The summed E-state index contributed by atoms with van der Waals surface area (Å²) < 4.78 is 0. The summed E-state index contributed by atoms with van der Waals surface area (Å²) in [6.07, 6.45) is 2.42. The van der Waals surface area contributed by atoms with Crippen LogP contribution >= 0.6 is 11.6 Å². The molecule has 3 nitrogen and oxygen atoms in total. The molecule has 0 radical (unpaired) electrons. The summed E-state index contributed by atoms with van der Waals surface area (Å²) in [6, 6.07) is 14.1. The molecule has 0 aliphatic carbocycles. The van der Waals surface area contributed by atoms with Crippen molar-refractivity contribution in [2.45, 2.75) is 19.8 Å². The van der Waals surface area contributed by atoms with Gasteiger partial charge in [-0.15, -0.1) is 0 Å². The lowest BCUT2D eigenvalue weighted by Gasteiger charge is -2.32. The van der Waals surface area contributed by atoms with Gasteiger partial charge >= 0.3 is 0 Å². The number of pyridine rings is 1. The average Bonchev–Trinajstić information content (AvgIpc) is 2.55. The summed E-state index contributed by atoms with van der Waals surface area (Å²) in [5.74, 6) is 1.53. The highest BCUT2D eigenvalue weighted by atomic mass is 35.5. The number of anilines is 1. The summed E-state index contributed by atoms with van der Waals surface area (Å²) >= 11 is 6.28. The highest BCUT2D eigenvalue weighted by molar-refractivity contribution is 6.31. The number of benzene rings is 1. The van der Waals surface area contributed by atoms with E-state index in [0.717, 1.165) is 30.0 Å². The maximum Gasteiger partial charge on any atom is 0.149 e. The topological polar surface area (TPSA) is 39.9 Å². The van der Waals surface area contributed by atoms with Gasteiger partial charge in [0.2, 0.25) is 0 Å². The molecule has 1 aromatic carbocycles. The van der Waals surface area contributed by atoms with Crippen LogP contribution in [0.25, 0.3) is 11.1 Å². The van der Waals surface area contributed by atoms with Crippen molar-refractivity contribution in [3.05, 3.63) is 47.1 Å². The molecule has 2 heterocycles. The third-order valence-electron chi connectivity index (χ3n) is 4.14. The van der Waals surface area contributed by atoms with Crippen LogP contribution < -0.4 is 4.90 Å². The summed E-state index contributed by atoms with van der Waals surface area (Å²) in [4.78, 5) is 6.73. The second-order valence-electron chi connectivity index (χ2n) is 5.87. The Bertz CT molecular complexity index is 706. The van der Waals surface area contributed by atoms with Crippen LogP contribution in [0.4, 0.5) is 5.82 Å². The normalized spacial score (nSPS) is 18.0. The lowest BCUT2D eigenvalue weighted by atomic mass is 9.99. The van der Waals surface area contributed by atoms with Gasteiger partial charge in [0.05, 0.1) is 5.56 Å². The van der Waals surface area contributed by atoms with Gasteiger partial charge < -0.3 is 4.90 Å². The third kappa shape index (κ3) is 2.93. The Balaban J connectivity index is 2.07. The van der Waals surface area contributed by atoms with E-state index in [0.29, 0.717) is 11.5 Å². The Kier molecular flexibility index (Phi) is 4.31. The second kappa shape index (κ2) is 6.37. The Hall–Kier alpha value is -2.05. The van der Waals surface area contributed by atoms with Crippen molar-refractivity contribution >= 4 is 17.4 Å². The fourth-order valence-corrected chi connectivity index (χ4v) is 3.24. The fourth-order valence-electron chi connectivity index (χ4n) is 3.01. The zero-order valence-electron chi connectivity index (χ0n) is 12.6. The standard InChI is InChI=1S/C18H18ClN3/c1-13-6-5-9-22(12-13)17-10-15(14-7-3-2-4-8-14)16(11-20)18(19)21-17/h2-4,7-8,10,13H,5-6,9,12H2,1H3. The van der Waals surface area contributed by atoms with Crippen LogP contribution in [0.3, 0.4) is 0 Å². The monoisotopic (exact) mass is 311 g/mol. The van der Waals surface area contributed by atoms with Crippen LogP contribution in [-0.2, 0) is 0 Å². The van der Waals surface area contributed by atoms with Crippen LogP contribution in [0.15, 0.2) is 36.4 Å². The predicted molar refractivity (Wildman–Crippen MR) is 90.0 cm³/mol. The van der Waals surface area contributed by atoms with E-state index in [4.69, 9.17) is 11.6 Å². The van der Waals surface area contributed by atoms with Gasteiger partial charge in [-0.05, 0) is 30.4 Å². The van der Waals surface area contributed by atoms with E-state index >= 15 is 0 Å². The Morgan fingerprint density at radius 1 is 1.32 bits per heavy atom. The van der Waals surface area contributed by atoms with Gasteiger partial charge in [0.1, 0.15) is 17.0 Å². The van der Waals surface area contributed by atoms with Crippen molar-refractivity contribution in [1.82, 2.24) is 4.98 Å². The Labute approximate surface area is 136 Å². The predicted octanol–water partition coefficient (Wildman–Crippen LogP) is 4.51. The maximum atomic E-state index is 9.42. The van der Waals surface area contributed by atoms with Gasteiger partial charge in [0, 0.05) is 18.7 Å². The number of rotatable bonds is 2. The summed E-state index contributed by atoms with van der Waals surface area (Å²) in [5.41, 5.74) is 2.30. The number of nitrogens with zero attached hydrogens (tertiary/aromatic N) is 3. The SMILES string of the molecule is CC1CCCN(c2cc(-c3ccccc3)c(C#N)c(Cl)n2)C1. The van der Waals surface area contributed by atoms with Crippen LogP contribution in [-0.4, -0.2) is 18.1 Å². The molecule has 0 amide bonds. The third-order valence-corrected chi connectivity index (χ3v) is 4.41. The van der Waals surface area contributed by atoms with Gasteiger partial charge in [-0.1, -0.05) is 48.9 Å². The summed E-state index contributed by atoms with van der Waals surface area (Å²) in [7, 11) is 0. The molecule has 1 saturated heterocycles. The van der Waals surface area contributed by atoms with Crippen molar-refractivity contribution in [2.75, 3.05) is 18.0 Å². The van der Waals surface area contributed by atoms with Crippen LogP contribution in [0.2, 0.25) is 5.15 Å². The minimum atomic E-state index is 0.289. The first-order valence-corrected chi connectivity index (χ1v) is 7.98. The minimum Gasteiger partial charge on any atom is -0.356 e. The number of halogens is 1. The zero-order valence-corrected chi connectivity index (χ0v) is 13.3. The Morgan fingerprint density at radius 3 is 2.77 bits per heavy atom. The fraction of sp³-hybridized carbons (Fsp3) is 0.333. The van der Waals surface area contributed by atoms with E-state index in [1.807, 2.05) is 36.4 Å². The number of piperidine rings is 1. The molecular formula is C18H18ClN3. The van der Waals surface area contributed by atoms with E-state index in [2.05, 4.69) is 22.9 Å². The zero-order chi connectivity index (χ0) is 15.5. The first-order valence-electron chi connectivity index (χ1n) is 7.60. The first-order chi connectivity index (χ1) is 10.7. The molecule has 1 atom stereocenters. The van der Waals surface area contributed by atoms with E-state index < -0.39 is 0 Å². The first kappa shape index (κ1) is 14.9. The molecule has 2 aromatic rings. The van der Waals surface area contributed by atoms with Gasteiger partial charge in [-0.2, -0.15) is 5.26 Å². The molecule has 1 aliphatic heterocycles. The van der Waals surface area contributed by atoms with Gasteiger partial charge in [0.25, 0.3) is 0 Å². The summed E-state index contributed by atoms with van der Waals surface area (Å²) in [6.45, 7) is 4.24. The lowest BCUT2D eigenvalue weighted by molar-refractivity contribution is 0.444. The summed E-state index contributed by atoms with van der Waals surface area (Å²) in [5, 5.41) is 9.70. The molecule has 1 aliphatic rings. The number of nitriles is 1. The van der Waals surface area contributed by atoms with E-state index in [1.54, 1.807) is 0 Å². The van der Waals surface area contributed by atoms with Crippen LogP contribution in [0, 0.1) is 17.2 Å². The molecular weight excluding hydrogens is 294 g/mol. The molecule has 112 valence electrons. The number of aromatic nitrogens is 1. The highest BCUT2D eigenvalue weighted by Gasteiger charge is 2.20. The molecule has 1 unspecified atom stereocenters. The van der Waals surface area contributed by atoms with Gasteiger partial charge in [-0.3, -0.25) is 0 Å². The molecule has 0 N–H and O–H groups in total. The average molecular weight is 312 g/mol. The Morgan fingerprint density at radius 2 is 2.09 bits per heavy atom. The van der Waals surface area contributed by atoms with Crippen molar-refractivity contribution in [3.63, 3.8) is 0 Å². The van der Waals surface area contributed by atoms with Crippen LogP contribution in [0.1, 0.15) is 25.3 Å². The van der Waals surface area contributed by atoms with Gasteiger partial charge in [-0.25, -0.2) is 4.98 Å². The quantitative estimate of drug-likeness (QED) is 0.766. The molecule has 0 spiro atoms. The molecule has 1 aromatic heterocycles. The largest absolute Gasteiger partial charge is 0.356 e. The highest BCUT2D eigenvalue weighted by Crippen LogP contribution is 2.32. The second-order valence-corrected chi connectivity index (χ2v) is 6.22. The smallest absolute Gasteiger partial charge is 0.149 e. The molecule has 0 bridgehead atoms. The molecule has 1 fully saturated rings. The van der Waals surface area contributed by atoms with Gasteiger partial charge in [0.15, 0.2) is 0 Å². The van der Waals surface area contributed by atoms with Crippen molar-refractivity contribution in [2.24, 2.45) is 5.92 Å². The van der Waals surface area contributed by atoms with E-state index in [-0.39, 0.29) is 5.15 Å². The van der Waals surface area contributed by atoms with E-state index in [1.165, 1.54) is 12.8 Å². The molecule has 4 heteroatoms. The van der Waals surface area contributed by atoms with Crippen molar-refractivity contribution in [1.29, 1.82) is 5.26 Å². The molecule has 3 rings (SSSR count). The van der Waals surface area contributed by atoms with E-state index in [9.17, 15) is 5.26 Å². The lowest BCUT2D eigenvalue weighted by Crippen LogP contribution is -2.34.